The predicted octanol–water partition coefficient (Wildman–Crippen LogP) is 2.08. The molecule has 1 aliphatic rings. The third kappa shape index (κ3) is 4.07. The monoisotopic (exact) mass is 340 g/mol. The first kappa shape index (κ1) is 17.2. The van der Waals surface area contributed by atoms with Crippen LogP contribution in [0.3, 0.4) is 0 Å². The van der Waals surface area contributed by atoms with Crippen molar-refractivity contribution in [1.29, 1.82) is 0 Å². The first-order valence-electron chi connectivity index (χ1n) is 8.67. The van der Waals surface area contributed by atoms with Crippen LogP contribution in [0, 0.1) is 0 Å². The molecule has 1 atom stereocenters. The Labute approximate surface area is 147 Å². The third-order valence-electron chi connectivity index (χ3n) is 4.61. The lowest BCUT2D eigenvalue weighted by molar-refractivity contribution is -0.118. The molecule has 6 heteroatoms. The fraction of sp³-hybridized carbons (Fsp3) is 0.421. The number of carbonyl (C=O) groups excluding carboxylic acids is 2. The zero-order valence-electron chi connectivity index (χ0n) is 14.7. The highest BCUT2D eigenvalue weighted by molar-refractivity contribution is 5.94. The van der Waals surface area contributed by atoms with Crippen LogP contribution in [0.5, 0.6) is 0 Å². The molecule has 1 fully saturated rings. The smallest absolute Gasteiger partial charge is 0.254 e. The predicted molar refractivity (Wildman–Crippen MR) is 95.0 cm³/mol. The minimum atomic E-state index is -0.0257. The third-order valence-corrected chi connectivity index (χ3v) is 4.61. The van der Waals surface area contributed by atoms with Crippen LogP contribution in [0.15, 0.2) is 36.7 Å². The SMILES string of the molecule is CC(=O)NCCc1ccc(C(=O)N2CCCC2c2cnn(C)c2)cc1. The van der Waals surface area contributed by atoms with Crippen molar-refractivity contribution >= 4 is 11.8 Å². The Balaban J connectivity index is 1.66. The van der Waals surface area contributed by atoms with Crippen molar-refractivity contribution in [3.63, 3.8) is 0 Å². The fourth-order valence-electron chi connectivity index (χ4n) is 3.33. The van der Waals surface area contributed by atoms with Crippen molar-refractivity contribution in [2.45, 2.75) is 32.2 Å². The average molecular weight is 340 g/mol. The highest BCUT2D eigenvalue weighted by Crippen LogP contribution is 2.32. The zero-order chi connectivity index (χ0) is 17.8. The number of likely N-dealkylation sites (tertiary alicyclic amines) is 1. The fourth-order valence-corrected chi connectivity index (χ4v) is 3.33. The molecule has 132 valence electrons. The van der Waals surface area contributed by atoms with E-state index in [1.54, 1.807) is 4.68 Å². The summed E-state index contributed by atoms with van der Waals surface area (Å²) in [6, 6.07) is 7.79. The molecule has 0 bridgehead atoms. The van der Waals surface area contributed by atoms with Gasteiger partial charge in [-0.15, -0.1) is 0 Å². The second-order valence-corrected chi connectivity index (χ2v) is 6.53. The van der Waals surface area contributed by atoms with E-state index in [0.717, 1.165) is 36.9 Å². The van der Waals surface area contributed by atoms with Crippen LogP contribution in [0.2, 0.25) is 0 Å². The number of hydrogen-bond acceptors (Lipinski definition) is 3. The maximum Gasteiger partial charge on any atom is 0.254 e. The Kier molecular flexibility index (Phi) is 5.16. The summed E-state index contributed by atoms with van der Waals surface area (Å²) < 4.78 is 1.78. The van der Waals surface area contributed by atoms with E-state index < -0.39 is 0 Å². The Hall–Kier alpha value is -2.63. The standard InChI is InChI=1S/C19H24N4O2/c1-14(24)20-10-9-15-5-7-16(8-6-15)19(25)23-11-3-4-18(23)17-12-21-22(2)13-17/h5-8,12-13,18H,3-4,9-11H2,1-2H3,(H,20,24). The van der Waals surface area contributed by atoms with Gasteiger partial charge in [0.25, 0.3) is 5.91 Å². The number of aromatic nitrogens is 2. The molecule has 0 spiro atoms. The van der Waals surface area contributed by atoms with Gasteiger partial charge in [-0.1, -0.05) is 12.1 Å². The van der Waals surface area contributed by atoms with Crippen LogP contribution in [0.25, 0.3) is 0 Å². The molecule has 0 saturated carbocycles. The molecule has 1 saturated heterocycles. The number of nitrogens with one attached hydrogen (secondary N) is 1. The summed E-state index contributed by atoms with van der Waals surface area (Å²) in [6.07, 6.45) is 6.59. The molecule has 1 N–H and O–H groups in total. The van der Waals surface area contributed by atoms with Gasteiger partial charge in [-0.2, -0.15) is 5.10 Å². The van der Waals surface area contributed by atoms with E-state index in [1.807, 2.05) is 48.6 Å². The van der Waals surface area contributed by atoms with Gasteiger partial charge in [0.15, 0.2) is 0 Å². The summed E-state index contributed by atoms with van der Waals surface area (Å²) in [5, 5.41) is 7.01. The van der Waals surface area contributed by atoms with Crippen LogP contribution in [-0.2, 0) is 18.3 Å². The second-order valence-electron chi connectivity index (χ2n) is 6.53. The van der Waals surface area contributed by atoms with E-state index in [9.17, 15) is 9.59 Å². The summed E-state index contributed by atoms with van der Waals surface area (Å²) in [5.74, 6) is 0.0436. The lowest BCUT2D eigenvalue weighted by Crippen LogP contribution is -2.30. The Morgan fingerprint density at radius 3 is 2.68 bits per heavy atom. The molecule has 6 nitrogen and oxygen atoms in total. The second kappa shape index (κ2) is 7.51. The van der Waals surface area contributed by atoms with E-state index in [1.165, 1.54) is 6.92 Å². The van der Waals surface area contributed by atoms with Gasteiger partial charge in [0.05, 0.1) is 12.2 Å². The quantitative estimate of drug-likeness (QED) is 0.906. The number of amides is 2. The topological polar surface area (TPSA) is 67.2 Å². The lowest BCUT2D eigenvalue weighted by Gasteiger charge is -2.24. The summed E-state index contributed by atoms with van der Waals surface area (Å²) >= 11 is 0. The number of benzene rings is 1. The highest BCUT2D eigenvalue weighted by Gasteiger charge is 2.31. The first-order valence-corrected chi connectivity index (χ1v) is 8.67. The summed E-state index contributed by atoms with van der Waals surface area (Å²) in [7, 11) is 1.89. The molecule has 1 aromatic carbocycles. The van der Waals surface area contributed by atoms with E-state index >= 15 is 0 Å². The largest absolute Gasteiger partial charge is 0.356 e. The van der Waals surface area contributed by atoms with Crippen LogP contribution >= 0.6 is 0 Å². The highest BCUT2D eigenvalue weighted by atomic mass is 16.2. The van der Waals surface area contributed by atoms with E-state index in [-0.39, 0.29) is 17.9 Å². The average Bonchev–Trinajstić information content (AvgIpc) is 3.23. The summed E-state index contributed by atoms with van der Waals surface area (Å²) in [5.41, 5.74) is 2.91. The van der Waals surface area contributed by atoms with Crippen LogP contribution in [0.1, 0.15) is 47.3 Å². The lowest BCUT2D eigenvalue weighted by atomic mass is 10.1. The molecule has 25 heavy (non-hydrogen) atoms. The Morgan fingerprint density at radius 1 is 1.28 bits per heavy atom. The molecule has 2 amide bonds. The van der Waals surface area contributed by atoms with Gasteiger partial charge in [0, 0.05) is 44.4 Å². The molecular formula is C19H24N4O2. The molecule has 1 aliphatic heterocycles. The van der Waals surface area contributed by atoms with Gasteiger partial charge in [0.2, 0.25) is 5.91 Å². The summed E-state index contributed by atoms with van der Waals surface area (Å²) in [4.78, 5) is 25.7. The van der Waals surface area contributed by atoms with Gasteiger partial charge in [-0.05, 0) is 37.0 Å². The van der Waals surface area contributed by atoms with E-state index in [4.69, 9.17) is 0 Å². The molecule has 1 unspecified atom stereocenters. The van der Waals surface area contributed by atoms with Gasteiger partial charge < -0.3 is 10.2 Å². The summed E-state index contributed by atoms with van der Waals surface area (Å²) in [6.45, 7) is 2.90. The number of aryl methyl sites for hydroxylation is 1. The van der Waals surface area contributed by atoms with Crippen molar-refractivity contribution in [3.05, 3.63) is 53.3 Å². The van der Waals surface area contributed by atoms with Crippen molar-refractivity contribution in [3.8, 4) is 0 Å². The molecule has 2 heterocycles. The molecule has 3 rings (SSSR count). The minimum Gasteiger partial charge on any atom is -0.356 e. The van der Waals surface area contributed by atoms with Crippen LogP contribution < -0.4 is 5.32 Å². The number of nitrogens with zero attached hydrogens (tertiary/aromatic N) is 3. The molecular weight excluding hydrogens is 316 g/mol. The molecule has 2 aromatic rings. The van der Waals surface area contributed by atoms with Crippen molar-refractivity contribution in [2.24, 2.45) is 7.05 Å². The molecule has 1 aromatic heterocycles. The number of carbonyl (C=O) groups is 2. The molecule has 0 radical (unpaired) electrons. The maximum absolute atomic E-state index is 12.9. The number of hydrogen-bond donors (Lipinski definition) is 1. The zero-order valence-corrected chi connectivity index (χ0v) is 14.7. The van der Waals surface area contributed by atoms with Crippen LogP contribution in [-0.4, -0.2) is 39.6 Å². The van der Waals surface area contributed by atoms with E-state index in [0.29, 0.717) is 12.1 Å². The van der Waals surface area contributed by atoms with Gasteiger partial charge in [-0.25, -0.2) is 0 Å². The normalized spacial score (nSPS) is 16.9. The maximum atomic E-state index is 12.9. The van der Waals surface area contributed by atoms with Crippen molar-refractivity contribution in [2.75, 3.05) is 13.1 Å². The van der Waals surface area contributed by atoms with Crippen molar-refractivity contribution in [1.82, 2.24) is 20.0 Å². The van der Waals surface area contributed by atoms with Gasteiger partial charge in [0.1, 0.15) is 0 Å². The van der Waals surface area contributed by atoms with Crippen LogP contribution in [0.4, 0.5) is 0 Å². The molecule has 0 aliphatic carbocycles. The Bertz CT molecular complexity index is 751. The van der Waals surface area contributed by atoms with Crippen molar-refractivity contribution < 1.29 is 9.59 Å². The Morgan fingerprint density at radius 2 is 2.04 bits per heavy atom. The number of rotatable bonds is 5. The van der Waals surface area contributed by atoms with Gasteiger partial charge >= 0.3 is 0 Å². The first-order chi connectivity index (χ1) is 12.0. The minimum absolute atomic E-state index is 0.0257. The van der Waals surface area contributed by atoms with Gasteiger partial charge in [-0.3, -0.25) is 14.3 Å². The van der Waals surface area contributed by atoms with E-state index in [2.05, 4.69) is 10.4 Å².